The van der Waals surface area contributed by atoms with E-state index in [4.69, 9.17) is 4.74 Å². The Labute approximate surface area is 126 Å². The van der Waals surface area contributed by atoms with Crippen molar-refractivity contribution >= 4 is 11.6 Å². The lowest BCUT2D eigenvalue weighted by Gasteiger charge is -2.36. The summed E-state index contributed by atoms with van der Waals surface area (Å²) in [6.07, 6.45) is -1.26. The van der Waals surface area contributed by atoms with E-state index in [9.17, 15) is 24.9 Å². The van der Waals surface area contributed by atoms with E-state index in [2.05, 4.69) is 0 Å². The lowest BCUT2D eigenvalue weighted by Crippen LogP contribution is -2.42. The first-order valence-electron chi connectivity index (χ1n) is 6.89. The smallest absolute Gasteiger partial charge is 0.194 e. The van der Waals surface area contributed by atoms with Gasteiger partial charge in [-0.1, -0.05) is 0 Å². The Morgan fingerprint density at radius 3 is 2.59 bits per heavy atom. The Morgan fingerprint density at radius 1 is 1.27 bits per heavy atom. The third-order valence-electron chi connectivity index (χ3n) is 4.17. The van der Waals surface area contributed by atoms with Crippen LogP contribution in [0.25, 0.3) is 0 Å². The maximum Gasteiger partial charge on any atom is 0.194 e. The highest BCUT2D eigenvalue weighted by Crippen LogP contribution is 2.42. The van der Waals surface area contributed by atoms with Crippen LogP contribution in [0.15, 0.2) is 23.3 Å². The highest BCUT2D eigenvalue weighted by Gasteiger charge is 2.44. The van der Waals surface area contributed by atoms with Crippen LogP contribution in [0.2, 0.25) is 0 Å². The molecule has 0 amide bonds. The maximum atomic E-state index is 12.6. The average molecular weight is 304 g/mol. The number of phenolic OH excluding ortho intramolecular Hbond substituents is 1. The zero-order valence-electron chi connectivity index (χ0n) is 12.2. The number of rotatable bonds is 1. The summed E-state index contributed by atoms with van der Waals surface area (Å²) < 4.78 is 5.00. The molecule has 22 heavy (non-hydrogen) atoms. The van der Waals surface area contributed by atoms with Gasteiger partial charge >= 0.3 is 0 Å². The largest absolute Gasteiger partial charge is 0.507 e. The SMILES string of the molecule is COc1cc(O)c2c(c1)C(=O)C1=C(C[C@](C)(O)C[C@H]1O)C2=O. The van der Waals surface area contributed by atoms with E-state index in [0.717, 1.165) is 0 Å². The van der Waals surface area contributed by atoms with Crippen molar-refractivity contribution in [1.82, 2.24) is 0 Å². The number of hydrogen-bond donors (Lipinski definition) is 3. The van der Waals surface area contributed by atoms with E-state index in [1.807, 2.05) is 0 Å². The van der Waals surface area contributed by atoms with Gasteiger partial charge in [0.2, 0.25) is 0 Å². The van der Waals surface area contributed by atoms with Crippen molar-refractivity contribution in [3.8, 4) is 11.5 Å². The number of benzene rings is 1. The number of carbonyl (C=O) groups is 2. The fraction of sp³-hybridized carbons (Fsp3) is 0.375. The van der Waals surface area contributed by atoms with E-state index in [1.54, 1.807) is 0 Å². The minimum absolute atomic E-state index is 0.0108. The number of hydrogen-bond acceptors (Lipinski definition) is 6. The molecule has 0 bridgehead atoms. The van der Waals surface area contributed by atoms with Crippen LogP contribution in [0.5, 0.6) is 11.5 Å². The second kappa shape index (κ2) is 4.66. The van der Waals surface area contributed by atoms with Gasteiger partial charge in [-0.2, -0.15) is 0 Å². The highest BCUT2D eigenvalue weighted by atomic mass is 16.5. The Bertz CT molecular complexity index is 728. The first-order valence-corrected chi connectivity index (χ1v) is 6.89. The lowest BCUT2D eigenvalue weighted by atomic mass is 9.71. The molecule has 0 fully saturated rings. The maximum absolute atomic E-state index is 12.6. The molecule has 0 heterocycles. The number of phenols is 1. The summed E-state index contributed by atoms with van der Waals surface area (Å²) in [5.74, 6) is -1.15. The summed E-state index contributed by atoms with van der Waals surface area (Å²) in [7, 11) is 1.38. The summed E-state index contributed by atoms with van der Waals surface area (Å²) in [5, 5.41) is 30.4. The second-order valence-electron chi connectivity index (χ2n) is 6.01. The van der Waals surface area contributed by atoms with Gasteiger partial charge in [0.1, 0.15) is 11.5 Å². The van der Waals surface area contributed by atoms with Gasteiger partial charge in [-0.3, -0.25) is 9.59 Å². The molecule has 1 aromatic carbocycles. The standard InChI is InChI=1S/C16H16O6/c1-16(21)5-9-13(11(18)6-16)14(19)8-3-7(22-2)4-10(17)12(8)15(9)20/h3-4,11,17-18,21H,5-6H2,1-2H3/t11-,16+/m1/s1. The number of Topliss-reactive ketones (excluding diaryl/α,β-unsaturated/α-hetero) is 2. The molecule has 6 nitrogen and oxygen atoms in total. The Hall–Kier alpha value is -2.18. The molecule has 0 aliphatic heterocycles. The van der Waals surface area contributed by atoms with Gasteiger partial charge in [-0.15, -0.1) is 0 Å². The van der Waals surface area contributed by atoms with Gasteiger partial charge in [-0.05, 0) is 13.0 Å². The fourth-order valence-corrected chi connectivity index (χ4v) is 3.19. The summed E-state index contributed by atoms with van der Waals surface area (Å²) in [5.41, 5.74) is -1.28. The highest BCUT2D eigenvalue weighted by molar-refractivity contribution is 6.28. The first kappa shape index (κ1) is 14.7. The van der Waals surface area contributed by atoms with Crippen LogP contribution in [0.4, 0.5) is 0 Å². The normalized spacial score (nSPS) is 27.5. The molecule has 3 N–H and O–H groups in total. The van der Waals surface area contributed by atoms with Crippen molar-refractivity contribution in [3.05, 3.63) is 34.4 Å². The number of methoxy groups -OCH3 is 1. The monoisotopic (exact) mass is 304 g/mol. The van der Waals surface area contributed by atoms with Gasteiger partial charge < -0.3 is 20.1 Å². The van der Waals surface area contributed by atoms with Crippen LogP contribution in [0.3, 0.4) is 0 Å². The van der Waals surface area contributed by atoms with E-state index in [-0.39, 0.29) is 46.6 Å². The van der Waals surface area contributed by atoms with Crippen molar-refractivity contribution in [1.29, 1.82) is 0 Å². The van der Waals surface area contributed by atoms with E-state index >= 15 is 0 Å². The number of ketones is 2. The number of aliphatic hydroxyl groups excluding tert-OH is 1. The van der Waals surface area contributed by atoms with Crippen molar-refractivity contribution < 1.29 is 29.6 Å². The van der Waals surface area contributed by atoms with Gasteiger partial charge in [0, 0.05) is 35.6 Å². The lowest BCUT2D eigenvalue weighted by molar-refractivity contribution is 0.00374. The molecule has 0 radical (unpaired) electrons. The van der Waals surface area contributed by atoms with Crippen molar-refractivity contribution in [2.45, 2.75) is 31.5 Å². The van der Waals surface area contributed by atoms with E-state index in [0.29, 0.717) is 0 Å². The summed E-state index contributed by atoms with van der Waals surface area (Å²) in [4.78, 5) is 25.2. The van der Waals surface area contributed by atoms with Gasteiger partial charge in [0.05, 0.1) is 24.4 Å². The molecule has 116 valence electrons. The van der Waals surface area contributed by atoms with Crippen molar-refractivity contribution in [2.24, 2.45) is 0 Å². The number of carbonyl (C=O) groups excluding carboxylic acids is 2. The molecular formula is C16H16O6. The minimum Gasteiger partial charge on any atom is -0.507 e. The van der Waals surface area contributed by atoms with Crippen LogP contribution < -0.4 is 4.74 Å². The summed E-state index contributed by atoms with van der Waals surface area (Å²) in [6, 6.07) is 2.63. The summed E-state index contributed by atoms with van der Waals surface area (Å²) in [6.45, 7) is 1.50. The Morgan fingerprint density at radius 2 is 1.95 bits per heavy atom. The van der Waals surface area contributed by atoms with Crippen molar-refractivity contribution in [3.63, 3.8) is 0 Å². The second-order valence-corrected chi connectivity index (χ2v) is 6.01. The third-order valence-corrected chi connectivity index (χ3v) is 4.17. The van der Waals surface area contributed by atoms with Crippen LogP contribution in [-0.4, -0.2) is 45.7 Å². The molecule has 2 atom stereocenters. The predicted molar refractivity (Wildman–Crippen MR) is 76.2 cm³/mol. The molecule has 1 aromatic rings. The molecule has 0 saturated heterocycles. The molecule has 3 rings (SSSR count). The molecular weight excluding hydrogens is 288 g/mol. The topological polar surface area (TPSA) is 104 Å². The molecule has 2 aliphatic carbocycles. The number of fused-ring (bicyclic) bond motifs is 1. The van der Waals surface area contributed by atoms with Crippen LogP contribution in [0, 0.1) is 0 Å². The van der Waals surface area contributed by atoms with Crippen LogP contribution in [0.1, 0.15) is 40.5 Å². The first-order chi connectivity index (χ1) is 10.2. The molecule has 0 saturated carbocycles. The summed E-state index contributed by atoms with van der Waals surface area (Å²) >= 11 is 0. The Kier molecular flexibility index (Phi) is 3.12. The van der Waals surface area contributed by atoms with E-state index in [1.165, 1.54) is 26.2 Å². The molecule has 0 unspecified atom stereocenters. The predicted octanol–water partition coefficient (Wildman–Crippen LogP) is 0.982. The average Bonchev–Trinajstić information content (AvgIpc) is 2.42. The molecule has 0 spiro atoms. The van der Waals surface area contributed by atoms with Gasteiger partial charge in [0.15, 0.2) is 11.6 Å². The van der Waals surface area contributed by atoms with E-state index < -0.39 is 23.3 Å². The van der Waals surface area contributed by atoms with Gasteiger partial charge in [0.25, 0.3) is 0 Å². The van der Waals surface area contributed by atoms with Crippen LogP contribution >= 0.6 is 0 Å². The number of aromatic hydroxyl groups is 1. The van der Waals surface area contributed by atoms with Crippen molar-refractivity contribution in [2.75, 3.05) is 7.11 Å². The Balaban J connectivity index is 2.23. The third kappa shape index (κ3) is 2.03. The zero-order chi connectivity index (χ0) is 16.2. The molecule has 6 heteroatoms. The number of aliphatic hydroxyl groups is 2. The molecule has 0 aromatic heterocycles. The molecule has 2 aliphatic rings. The van der Waals surface area contributed by atoms with Gasteiger partial charge in [-0.25, -0.2) is 0 Å². The fourth-order valence-electron chi connectivity index (χ4n) is 3.19. The zero-order valence-corrected chi connectivity index (χ0v) is 12.2. The number of ether oxygens (including phenoxy) is 1. The van der Waals surface area contributed by atoms with Crippen LogP contribution in [-0.2, 0) is 0 Å². The quantitative estimate of drug-likeness (QED) is 0.714. The minimum atomic E-state index is -1.27.